The van der Waals surface area contributed by atoms with E-state index in [1.165, 1.54) is 13.4 Å². The lowest BCUT2D eigenvalue weighted by Gasteiger charge is -2.09. The number of halogens is 1. The van der Waals surface area contributed by atoms with E-state index in [-0.39, 0.29) is 11.3 Å². The van der Waals surface area contributed by atoms with Gasteiger partial charge in [-0.2, -0.15) is 4.98 Å². The Labute approximate surface area is 121 Å². The number of nitrogens with zero attached hydrogens (tertiary/aromatic N) is 4. The first-order valence-corrected chi connectivity index (χ1v) is 6.61. The Morgan fingerprint density at radius 3 is 2.90 bits per heavy atom. The van der Waals surface area contributed by atoms with Gasteiger partial charge >= 0.3 is 0 Å². The van der Waals surface area contributed by atoms with Crippen LogP contribution in [0.25, 0.3) is 11.2 Å². The molecule has 7 nitrogen and oxygen atoms in total. The number of aryl methyl sites for hydroxylation is 1. The van der Waals surface area contributed by atoms with Gasteiger partial charge in [-0.05, 0) is 6.92 Å². The summed E-state index contributed by atoms with van der Waals surface area (Å²) in [6.45, 7) is 2.27. The molecular weight excluding hydrogens is 282 g/mol. The van der Waals surface area contributed by atoms with Crippen LogP contribution < -0.4 is 10.1 Å². The number of carbonyl (C=O) groups is 1. The molecule has 0 aliphatic rings. The van der Waals surface area contributed by atoms with Crippen LogP contribution in [0.3, 0.4) is 0 Å². The molecule has 2 rings (SSSR count). The zero-order valence-corrected chi connectivity index (χ0v) is 12.3. The summed E-state index contributed by atoms with van der Waals surface area (Å²) in [6, 6.07) is 0. The molecule has 0 saturated carbocycles. The number of hydrogen-bond donors (Lipinski definition) is 1. The predicted octanol–water partition coefficient (Wildman–Crippen LogP) is 1.27. The second-order valence-electron chi connectivity index (χ2n) is 4.22. The fourth-order valence-electron chi connectivity index (χ4n) is 1.94. The second-order valence-corrected chi connectivity index (χ2v) is 4.87. The van der Waals surface area contributed by atoms with Crippen molar-refractivity contribution in [2.45, 2.75) is 25.3 Å². The maximum atomic E-state index is 11.4. The quantitative estimate of drug-likeness (QED) is 0.841. The van der Waals surface area contributed by atoms with Crippen molar-refractivity contribution in [3.63, 3.8) is 0 Å². The Morgan fingerprint density at radius 2 is 2.30 bits per heavy atom. The summed E-state index contributed by atoms with van der Waals surface area (Å²) in [5.41, 5.74) is 1.16. The molecule has 0 spiro atoms. The lowest BCUT2D eigenvalue weighted by atomic mass is 10.3. The third-order valence-electron chi connectivity index (χ3n) is 2.92. The normalized spacial score (nSPS) is 12.4. The van der Waals surface area contributed by atoms with Crippen molar-refractivity contribution in [2.24, 2.45) is 0 Å². The van der Waals surface area contributed by atoms with Gasteiger partial charge in [0.05, 0.1) is 12.5 Å². The third-order valence-corrected chi connectivity index (χ3v) is 3.11. The minimum absolute atomic E-state index is 0.0546. The maximum Gasteiger partial charge on any atom is 0.245 e. The van der Waals surface area contributed by atoms with E-state index >= 15 is 0 Å². The van der Waals surface area contributed by atoms with Gasteiger partial charge in [0.1, 0.15) is 12.2 Å². The Hall–Kier alpha value is -1.89. The lowest BCUT2D eigenvalue weighted by molar-refractivity contribution is -0.120. The molecule has 0 aliphatic carbocycles. The van der Waals surface area contributed by atoms with E-state index in [2.05, 4.69) is 20.3 Å². The van der Waals surface area contributed by atoms with E-state index in [0.717, 1.165) is 0 Å². The zero-order chi connectivity index (χ0) is 14.7. The van der Waals surface area contributed by atoms with Crippen LogP contribution in [0.15, 0.2) is 6.33 Å². The molecule has 0 saturated heterocycles. The molecular formula is C12H16ClN5O2. The van der Waals surface area contributed by atoms with Crippen LogP contribution in [0, 0.1) is 0 Å². The molecule has 1 unspecified atom stereocenters. The standard InChI is InChI=1S/C12H16ClN5O2/c1-7(13)10-17-9-11(15-6-16-12(9)20-3)18(10)5-4-8(19)14-2/h6-7H,4-5H2,1-3H3,(H,14,19). The number of rotatable bonds is 5. The summed E-state index contributed by atoms with van der Waals surface area (Å²) in [6.07, 6.45) is 1.73. The van der Waals surface area contributed by atoms with E-state index in [1.54, 1.807) is 7.05 Å². The van der Waals surface area contributed by atoms with E-state index in [4.69, 9.17) is 16.3 Å². The van der Waals surface area contributed by atoms with Gasteiger partial charge in [0.25, 0.3) is 0 Å². The highest BCUT2D eigenvalue weighted by Crippen LogP contribution is 2.27. The van der Waals surface area contributed by atoms with Gasteiger partial charge in [0.15, 0.2) is 11.2 Å². The van der Waals surface area contributed by atoms with Crippen LogP contribution in [-0.4, -0.2) is 39.6 Å². The Balaban J connectivity index is 2.49. The Morgan fingerprint density at radius 1 is 1.55 bits per heavy atom. The topological polar surface area (TPSA) is 81.9 Å². The van der Waals surface area contributed by atoms with Crippen LogP contribution in [-0.2, 0) is 11.3 Å². The van der Waals surface area contributed by atoms with Gasteiger partial charge < -0.3 is 14.6 Å². The molecule has 2 heterocycles. The van der Waals surface area contributed by atoms with E-state index in [0.29, 0.717) is 35.8 Å². The molecule has 20 heavy (non-hydrogen) atoms. The number of fused-ring (bicyclic) bond motifs is 1. The lowest BCUT2D eigenvalue weighted by Crippen LogP contribution is -2.20. The third kappa shape index (κ3) is 2.67. The van der Waals surface area contributed by atoms with Crippen molar-refractivity contribution < 1.29 is 9.53 Å². The largest absolute Gasteiger partial charge is 0.479 e. The molecule has 0 aromatic carbocycles. The minimum atomic E-state index is -0.307. The van der Waals surface area contributed by atoms with Crippen LogP contribution in [0.4, 0.5) is 0 Å². The van der Waals surface area contributed by atoms with Gasteiger partial charge in [0, 0.05) is 20.0 Å². The van der Waals surface area contributed by atoms with Gasteiger partial charge in [0.2, 0.25) is 11.8 Å². The van der Waals surface area contributed by atoms with Crippen LogP contribution >= 0.6 is 11.6 Å². The average molecular weight is 298 g/mol. The Kier molecular flexibility index (Phi) is 4.39. The predicted molar refractivity (Wildman–Crippen MR) is 74.8 cm³/mol. The first-order chi connectivity index (χ1) is 9.58. The average Bonchev–Trinajstić information content (AvgIpc) is 2.83. The molecule has 108 valence electrons. The summed E-state index contributed by atoms with van der Waals surface area (Å²) < 4.78 is 7.00. The molecule has 8 heteroatoms. The number of amides is 1. The van der Waals surface area contributed by atoms with Crippen molar-refractivity contribution in [1.29, 1.82) is 0 Å². The number of carbonyl (C=O) groups excluding carboxylic acids is 1. The van der Waals surface area contributed by atoms with Gasteiger partial charge in [-0.3, -0.25) is 4.79 Å². The van der Waals surface area contributed by atoms with E-state index in [1.807, 2.05) is 11.5 Å². The van der Waals surface area contributed by atoms with Gasteiger partial charge in [-0.1, -0.05) is 0 Å². The minimum Gasteiger partial charge on any atom is -0.479 e. The molecule has 1 atom stereocenters. The second kappa shape index (κ2) is 6.04. The number of alkyl halides is 1. The molecule has 1 N–H and O–H groups in total. The summed E-state index contributed by atoms with van der Waals surface area (Å²) in [7, 11) is 3.12. The van der Waals surface area contributed by atoms with Crippen LogP contribution in [0.1, 0.15) is 24.5 Å². The van der Waals surface area contributed by atoms with Crippen LogP contribution in [0.5, 0.6) is 5.88 Å². The van der Waals surface area contributed by atoms with Crippen molar-refractivity contribution in [2.75, 3.05) is 14.2 Å². The molecule has 0 aliphatic heterocycles. The highest BCUT2D eigenvalue weighted by Gasteiger charge is 2.19. The smallest absolute Gasteiger partial charge is 0.245 e. The highest BCUT2D eigenvalue weighted by atomic mass is 35.5. The number of nitrogens with one attached hydrogen (secondary N) is 1. The van der Waals surface area contributed by atoms with Crippen LogP contribution in [0.2, 0.25) is 0 Å². The maximum absolute atomic E-state index is 11.4. The molecule has 1 amide bonds. The SMILES string of the molecule is CNC(=O)CCn1c(C(C)Cl)nc2c(OC)ncnc21. The van der Waals surface area contributed by atoms with Gasteiger partial charge in [-0.15, -0.1) is 11.6 Å². The van der Waals surface area contributed by atoms with E-state index < -0.39 is 0 Å². The molecule has 2 aromatic heterocycles. The fraction of sp³-hybridized carbons (Fsp3) is 0.500. The first-order valence-electron chi connectivity index (χ1n) is 6.18. The zero-order valence-electron chi connectivity index (χ0n) is 11.6. The fourth-order valence-corrected chi connectivity index (χ4v) is 2.11. The monoisotopic (exact) mass is 297 g/mol. The molecule has 0 fully saturated rings. The molecule has 0 radical (unpaired) electrons. The number of hydrogen-bond acceptors (Lipinski definition) is 5. The molecule has 0 bridgehead atoms. The van der Waals surface area contributed by atoms with Crippen molar-refractivity contribution in [1.82, 2.24) is 24.8 Å². The summed E-state index contributed by atoms with van der Waals surface area (Å²) in [5, 5.41) is 2.28. The van der Waals surface area contributed by atoms with Crippen molar-refractivity contribution in [3.05, 3.63) is 12.2 Å². The van der Waals surface area contributed by atoms with Gasteiger partial charge in [-0.25, -0.2) is 9.97 Å². The number of methoxy groups -OCH3 is 1. The molecule has 2 aromatic rings. The van der Waals surface area contributed by atoms with E-state index in [9.17, 15) is 4.79 Å². The van der Waals surface area contributed by atoms with Crippen molar-refractivity contribution >= 4 is 28.7 Å². The summed E-state index contributed by atoms with van der Waals surface area (Å²) in [4.78, 5) is 24.1. The highest BCUT2D eigenvalue weighted by molar-refractivity contribution is 6.20. The number of imidazole rings is 1. The number of ether oxygens (including phenoxy) is 1. The number of aromatic nitrogens is 4. The van der Waals surface area contributed by atoms with Crippen molar-refractivity contribution in [3.8, 4) is 5.88 Å². The summed E-state index contributed by atoms with van der Waals surface area (Å²) >= 11 is 6.15. The Bertz CT molecular complexity index is 626. The first kappa shape index (κ1) is 14.5. The summed E-state index contributed by atoms with van der Waals surface area (Å²) in [5.74, 6) is 0.984.